The van der Waals surface area contributed by atoms with Crippen LogP contribution in [0.3, 0.4) is 0 Å². The Morgan fingerprint density at radius 1 is 1.30 bits per heavy atom. The predicted octanol–water partition coefficient (Wildman–Crippen LogP) is 3.51. The van der Waals surface area contributed by atoms with Crippen molar-refractivity contribution in [2.24, 2.45) is 0 Å². The van der Waals surface area contributed by atoms with Crippen molar-refractivity contribution in [1.82, 2.24) is 25.0 Å². The van der Waals surface area contributed by atoms with Crippen molar-refractivity contribution in [3.8, 4) is 0 Å². The second kappa shape index (κ2) is 8.89. The van der Waals surface area contributed by atoms with Crippen LogP contribution in [0.1, 0.15) is 61.7 Å². The first kappa shape index (κ1) is 21.0. The lowest BCUT2D eigenvalue weighted by Crippen LogP contribution is -2.32. The number of aromatic nitrogens is 4. The summed E-state index contributed by atoms with van der Waals surface area (Å²) >= 11 is 2.86. The Labute approximate surface area is 182 Å². The van der Waals surface area contributed by atoms with Crippen LogP contribution in [-0.2, 0) is 24.2 Å². The van der Waals surface area contributed by atoms with E-state index in [1.165, 1.54) is 28.6 Å². The molecular weight excluding hydrogens is 422 g/mol. The van der Waals surface area contributed by atoms with Gasteiger partial charge in [-0.25, -0.2) is 4.98 Å². The summed E-state index contributed by atoms with van der Waals surface area (Å²) in [5.74, 6) is 1.34. The van der Waals surface area contributed by atoms with Crippen LogP contribution in [0.15, 0.2) is 14.5 Å². The van der Waals surface area contributed by atoms with Crippen LogP contribution in [-0.4, -0.2) is 43.2 Å². The topological polar surface area (TPSA) is 105 Å². The summed E-state index contributed by atoms with van der Waals surface area (Å²) in [5.41, 5.74) is 1.06. The Kier molecular flexibility index (Phi) is 6.24. The number of thioether (sulfide) groups is 1. The number of H-pyrrole nitrogens is 1. The van der Waals surface area contributed by atoms with Gasteiger partial charge >= 0.3 is 0 Å². The van der Waals surface area contributed by atoms with Crippen molar-refractivity contribution in [2.45, 2.75) is 64.1 Å². The molecule has 0 atom stereocenters. The first-order chi connectivity index (χ1) is 14.5. The van der Waals surface area contributed by atoms with Crippen molar-refractivity contribution < 1.29 is 9.32 Å². The maximum atomic E-state index is 12.7. The van der Waals surface area contributed by atoms with E-state index >= 15 is 0 Å². The summed E-state index contributed by atoms with van der Waals surface area (Å²) in [7, 11) is 0. The summed E-state index contributed by atoms with van der Waals surface area (Å²) in [5, 5.41) is 5.16. The van der Waals surface area contributed by atoms with Gasteiger partial charge in [0.1, 0.15) is 4.83 Å². The number of hydrogen-bond donors (Lipinski definition) is 1. The maximum Gasteiger partial charge on any atom is 0.260 e. The third-order valence-electron chi connectivity index (χ3n) is 5.20. The van der Waals surface area contributed by atoms with Gasteiger partial charge in [0, 0.05) is 17.3 Å². The molecule has 0 radical (unpaired) electrons. The van der Waals surface area contributed by atoms with Crippen LogP contribution in [0.5, 0.6) is 0 Å². The van der Waals surface area contributed by atoms with Gasteiger partial charge < -0.3 is 14.4 Å². The molecule has 0 aromatic carbocycles. The van der Waals surface area contributed by atoms with Crippen LogP contribution in [0.4, 0.5) is 0 Å². The average molecular weight is 448 g/mol. The monoisotopic (exact) mass is 447 g/mol. The van der Waals surface area contributed by atoms with E-state index in [-0.39, 0.29) is 29.7 Å². The molecule has 0 spiro atoms. The quantitative estimate of drug-likeness (QED) is 0.436. The second-order valence-corrected chi connectivity index (χ2v) is 9.71. The third-order valence-corrected chi connectivity index (χ3v) is 7.24. The minimum atomic E-state index is -0.103. The summed E-state index contributed by atoms with van der Waals surface area (Å²) in [6.45, 7) is 6.69. The van der Waals surface area contributed by atoms with Crippen LogP contribution in [0.25, 0.3) is 10.2 Å². The molecule has 3 aromatic heterocycles. The molecule has 1 N–H and O–H groups in total. The number of aryl methyl sites for hydroxylation is 2. The number of nitrogens with zero attached hydrogens (tertiary/aromatic N) is 4. The molecule has 30 heavy (non-hydrogen) atoms. The van der Waals surface area contributed by atoms with E-state index in [2.05, 4.69) is 20.1 Å². The van der Waals surface area contributed by atoms with Crippen molar-refractivity contribution in [3.63, 3.8) is 0 Å². The predicted molar refractivity (Wildman–Crippen MR) is 117 cm³/mol. The van der Waals surface area contributed by atoms with Gasteiger partial charge in [-0.05, 0) is 38.2 Å². The number of rotatable bonds is 7. The van der Waals surface area contributed by atoms with Gasteiger partial charge in [-0.15, -0.1) is 11.3 Å². The molecule has 0 saturated carbocycles. The molecule has 3 aromatic rings. The van der Waals surface area contributed by atoms with Crippen LogP contribution >= 0.6 is 23.1 Å². The van der Waals surface area contributed by atoms with E-state index in [9.17, 15) is 9.59 Å². The van der Waals surface area contributed by atoms with Crippen molar-refractivity contribution >= 4 is 39.2 Å². The zero-order valence-corrected chi connectivity index (χ0v) is 19.0. The van der Waals surface area contributed by atoms with Crippen molar-refractivity contribution in [2.75, 3.05) is 12.3 Å². The zero-order valence-electron chi connectivity index (χ0n) is 17.4. The van der Waals surface area contributed by atoms with E-state index in [0.29, 0.717) is 23.4 Å². The summed E-state index contributed by atoms with van der Waals surface area (Å²) in [6, 6.07) is 0. The number of hydrogen-bond acceptors (Lipinski definition) is 8. The summed E-state index contributed by atoms with van der Waals surface area (Å²) in [4.78, 5) is 40.9. The van der Waals surface area contributed by atoms with Gasteiger partial charge in [0.2, 0.25) is 11.8 Å². The highest BCUT2D eigenvalue weighted by atomic mass is 32.2. The van der Waals surface area contributed by atoms with E-state index in [0.717, 1.165) is 29.5 Å². The molecule has 0 unspecified atom stereocenters. The van der Waals surface area contributed by atoms with Gasteiger partial charge in [0.05, 0.1) is 17.7 Å². The molecule has 4 rings (SSSR count). The minimum absolute atomic E-state index is 0.0694. The number of nitrogens with one attached hydrogen (secondary N) is 1. The smallest absolute Gasteiger partial charge is 0.260 e. The molecule has 1 aliphatic rings. The fourth-order valence-electron chi connectivity index (χ4n) is 3.54. The molecule has 0 fully saturated rings. The minimum Gasteiger partial charge on any atom is -0.337 e. The molecule has 1 amide bonds. The highest BCUT2D eigenvalue weighted by Crippen LogP contribution is 2.34. The molecule has 160 valence electrons. The van der Waals surface area contributed by atoms with Gasteiger partial charge in [0.25, 0.3) is 5.56 Å². The summed E-state index contributed by atoms with van der Waals surface area (Å²) < 4.78 is 5.25. The molecule has 8 nitrogen and oxygen atoms in total. The lowest BCUT2D eigenvalue weighted by atomic mass is 9.97. The second-order valence-electron chi connectivity index (χ2n) is 7.66. The van der Waals surface area contributed by atoms with Crippen LogP contribution in [0, 0.1) is 0 Å². The van der Waals surface area contributed by atoms with E-state index in [1.54, 1.807) is 16.2 Å². The molecule has 10 heteroatoms. The molecule has 0 aliphatic heterocycles. The zero-order chi connectivity index (χ0) is 21.3. The Bertz CT molecular complexity index is 1120. The van der Waals surface area contributed by atoms with E-state index in [1.807, 2.05) is 20.8 Å². The fraction of sp³-hybridized carbons (Fsp3) is 0.550. The fourth-order valence-corrected chi connectivity index (χ4v) is 5.62. The highest BCUT2D eigenvalue weighted by Gasteiger charge is 2.21. The van der Waals surface area contributed by atoms with Crippen molar-refractivity contribution in [1.29, 1.82) is 0 Å². The maximum absolute atomic E-state index is 12.7. The standard InChI is InChI=1S/C20H25N5O3S2/c1-4-25(9-14-21-17(11(2)3)24-28-14)15(26)10-29-20-22-18(27)16-12-7-5-6-8-13(12)30-19(16)23-20/h11H,4-10H2,1-3H3,(H,22,23,27). The number of thiophene rings is 1. The van der Waals surface area contributed by atoms with E-state index in [4.69, 9.17) is 4.52 Å². The van der Waals surface area contributed by atoms with Crippen LogP contribution in [0.2, 0.25) is 0 Å². The first-order valence-electron chi connectivity index (χ1n) is 10.2. The Morgan fingerprint density at radius 2 is 2.10 bits per heavy atom. The first-order valence-corrected chi connectivity index (χ1v) is 12.0. The Balaban J connectivity index is 1.44. The van der Waals surface area contributed by atoms with Crippen LogP contribution < -0.4 is 5.56 Å². The lowest BCUT2D eigenvalue weighted by Gasteiger charge is -2.18. The SMILES string of the molecule is CCN(Cc1nc(C(C)C)no1)C(=O)CSc1nc2sc3c(c2c(=O)[nH]1)CCCC3. The number of amides is 1. The molecular formula is C20H25N5O3S2. The number of carbonyl (C=O) groups is 1. The third kappa shape index (κ3) is 4.29. The number of fused-ring (bicyclic) bond motifs is 3. The number of carbonyl (C=O) groups excluding carboxylic acids is 1. The lowest BCUT2D eigenvalue weighted by molar-refractivity contribution is -0.129. The average Bonchev–Trinajstić information content (AvgIpc) is 3.34. The van der Waals surface area contributed by atoms with Gasteiger partial charge in [0.15, 0.2) is 11.0 Å². The Hall–Kier alpha value is -2.20. The van der Waals surface area contributed by atoms with Gasteiger partial charge in [-0.3, -0.25) is 9.59 Å². The largest absolute Gasteiger partial charge is 0.337 e. The van der Waals surface area contributed by atoms with Gasteiger partial charge in [-0.1, -0.05) is 30.8 Å². The highest BCUT2D eigenvalue weighted by molar-refractivity contribution is 7.99. The number of aromatic amines is 1. The van der Waals surface area contributed by atoms with E-state index < -0.39 is 0 Å². The van der Waals surface area contributed by atoms with Gasteiger partial charge in [-0.2, -0.15) is 4.98 Å². The molecule has 0 bridgehead atoms. The molecule has 0 saturated heterocycles. The normalized spacial score (nSPS) is 13.7. The van der Waals surface area contributed by atoms with Crippen molar-refractivity contribution in [3.05, 3.63) is 32.5 Å². The summed E-state index contributed by atoms with van der Waals surface area (Å²) in [6.07, 6.45) is 4.26. The molecule has 3 heterocycles. The Morgan fingerprint density at radius 3 is 2.83 bits per heavy atom. The molecule has 1 aliphatic carbocycles.